The van der Waals surface area contributed by atoms with Gasteiger partial charge in [0, 0.05) is 0 Å². The summed E-state index contributed by atoms with van der Waals surface area (Å²) >= 11 is 0. The first-order chi connectivity index (χ1) is 11.4. The first kappa shape index (κ1) is 16.5. The van der Waals surface area contributed by atoms with Crippen molar-refractivity contribution in [2.45, 2.75) is 109 Å². The SMILES string of the molecule is C1CCC(C2CC(C3CCCCC3)C(C3CCCCC3)C2)CC1. The van der Waals surface area contributed by atoms with Crippen LogP contribution in [-0.2, 0) is 0 Å². The smallest absolute Gasteiger partial charge is 0.0352 e. The average Bonchev–Trinajstić information content (AvgIpc) is 3.09. The molecule has 0 saturated heterocycles. The van der Waals surface area contributed by atoms with Gasteiger partial charge in [-0.05, 0) is 48.3 Å². The molecule has 4 aliphatic carbocycles. The van der Waals surface area contributed by atoms with E-state index in [0.29, 0.717) is 0 Å². The Morgan fingerprint density at radius 1 is 0.304 bits per heavy atom. The Bertz CT molecular complexity index is 315. The van der Waals surface area contributed by atoms with Crippen LogP contribution < -0.4 is 0 Å². The standard InChI is InChI=1S/C23H40/c1-4-10-18(11-5-1)21-16-22(19-12-6-2-7-13-19)23(17-21)20-14-8-3-9-15-20/h18-23H,1-17H2. The lowest BCUT2D eigenvalue weighted by molar-refractivity contribution is 0.133. The summed E-state index contributed by atoms with van der Waals surface area (Å²) in [6, 6.07) is 0. The predicted molar refractivity (Wildman–Crippen MR) is 99.4 cm³/mol. The number of hydrogen-bond donors (Lipinski definition) is 0. The van der Waals surface area contributed by atoms with E-state index in [1.165, 1.54) is 19.3 Å². The van der Waals surface area contributed by atoms with Gasteiger partial charge in [0.05, 0.1) is 0 Å². The highest BCUT2D eigenvalue weighted by Gasteiger charge is 2.44. The molecular weight excluding hydrogens is 276 g/mol. The minimum atomic E-state index is 1.13. The van der Waals surface area contributed by atoms with Crippen LogP contribution in [0.15, 0.2) is 0 Å². The molecule has 23 heavy (non-hydrogen) atoms. The van der Waals surface area contributed by atoms with Crippen molar-refractivity contribution < 1.29 is 0 Å². The number of rotatable bonds is 3. The zero-order valence-corrected chi connectivity index (χ0v) is 15.5. The van der Waals surface area contributed by atoms with E-state index in [2.05, 4.69) is 0 Å². The molecule has 4 saturated carbocycles. The van der Waals surface area contributed by atoms with E-state index < -0.39 is 0 Å². The fourth-order valence-electron chi connectivity index (χ4n) is 7.34. The summed E-state index contributed by atoms with van der Waals surface area (Å²) in [6.45, 7) is 0. The largest absolute Gasteiger partial charge is 0.0533 e. The molecule has 0 heteroatoms. The molecule has 0 radical (unpaired) electrons. The van der Waals surface area contributed by atoms with Gasteiger partial charge in [-0.3, -0.25) is 0 Å². The predicted octanol–water partition coefficient (Wildman–Crippen LogP) is 7.37. The van der Waals surface area contributed by atoms with Gasteiger partial charge in [-0.15, -0.1) is 0 Å². The molecule has 0 nitrogen and oxygen atoms in total. The van der Waals surface area contributed by atoms with Gasteiger partial charge in [-0.1, -0.05) is 96.3 Å². The van der Waals surface area contributed by atoms with Gasteiger partial charge in [0.15, 0.2) is 0 Å². The highest BCUT2D eigenvalue weighted by molar-refractivity contribution is 4.94. The Morgan fingerprint density at radius 3 is 1.04 bits per heavy atom. The molecule has 0 N–H and O–H groups in total. The highest BCUT2D eigenvalue weighted by atomic mass is 14.5. The van der Waals surface area contributed by atoms with Crippen LogP contribution in [0.4, 0.5) is 0 Å². The van der Waals surface area contributed by atoms with E-state index in [1.54, 1.807) is 89.9 Å². The summed E-state index contributed by atoms with van der Waals surface area (Å²) < 4.78 is 0. The third kappa shape index (κ3) is 3.82. The zero-order chi connectivity index (χ0) is 15.5. The number of hydrogen-bond acceptors (Lipinski definition) is 0. The van der Waals surface area contributed by atoms with E-state index in [0.717, 1.165) is 35.5 Å². The van der Waals surface area contributed by atoms with Crippen LogP contribution in [0.25, 0.3) is 0 Å². The molecule has 2 atom stereocenters. The minimum Gasteiger partial charge on any atom is -0.0533 e. The van der Waals surface area contributed by atoms with Crippen LogP contribution in [0.5, 0.6) is 0 Å². The van der Waals surface area contributed by atoms with Crippen molar-refractivity contribution in [1.29, 1.82) is 0 Å². The van der Waals surface area contributed by atoms with Gasteiger partial charge in [-0.25, -0.2) is 0 Å². The van der Waals surface area contributed by atoms with Gasteiger partial charge in [0.25, 0.3) is 0 Å². The quantitative estimate of drug-likeness (QED) is 0.510. The summed E-state index contributed by atoms with van der Waals surface area (Å²) in [6.07, 6.45) is 26.7. The molecule has 0 amide bonds. The molecule has 0 heterocycles. The van der Waals surface area contributed by atoms with E-state index in [9.17, 15) is 0 Å². The molecule has 0 aliphatic heterocycles. The molecule has 0 aromatic heterocycles. The van der Waals surface area contributed by atoms with E-state index in [-0.39, 0.29) is 0 Å². The Morgan fingerprint density at radius 2 is 0.652 bits per heavy atom. The topological polar surface area (TPSA) is 0 Å². The van der Waals surface area contributed by atoms with E-state index in [4.69, 9.17) is 0 Å². The normalized spacial score (nSPS) is 38.9. The van der Waals surface area contributed by atoms with E-state index >= 15 is 0 Å². The van der Waals surface area contributed by atoms with Crippen molar-refractivity contribution >= 4 is 0 Å². The van der Waals surface area contributed by atoms with Gasteiger partial charge < -0.3 is 0 Å². The second kappa shape index (κ2) is 7.92. The van der Waals surface area contributed by atoms with Crippen molar-refractivity contribution in [2.24, 2.45) is 35.5 Å². The molecule has 0 spiro atoms. The van der Waals surface area contributed by atoms with Gasteiger partial charge >= 0.3 is 0 Å². The van der Waals surface area contributed by atoms with Gasteiger partial charge in [0.2, 0.25) is 0 Å². The first-order valence-electron chi connectivity index (χ1n) is 11.4. The third-order valence-corrected chi connectivity index (χ3v) is 8.53. The zero-order valence-electron chi connectivity index (χ0n) is 15.5. The van der Waals surface area contributed by atoms with Crippen LogP contribution in [0.1, 0.15) is 109 Å². The monoisotopic (exact) mass is 316 g/mol. The molecular formula is C23H40. The summed E-state index contributed by atoms with van der Waals surface area (Å²) in [5.41, 5.74) is 0. The summed E-state index contributed by atoms with van der Waals surface area (Å²) in [5.74, 6) is 6.81. The maximum atomic E-state index is 1.65. The molecule has 132 valence electrons. The Balaban J connectivity index is 1.45. The van der Waals surface area contributed by atoms with Crippen molar-refractivity contribution in [2.75, 3.05) is 0 Å². The van der Waals surface area contributed by atoms with Crippen LogP contribution in [-0.4, -0.2) is 0 Å². The fourth-order valence-corrected chi connectivity index (χ4v) is 7.34. The maximum Gasteiger partial charge on any atom is -0.0352 e. The second-order valence-electron chi connectivity index (χ2n) is 9.75. The Kier molecular flexibility index (Phi) is 5.67. The summed E-state index contributed by atoms with van der Waals surface area (Å²) in [5, 5.41) is 0. The van der Waals surface area contributed by atoms with Crippen LogP contribution >= 0.6 is 0 Å². The van der Waals surface area contributed by atoms with Gasteiger partial charge in [-0.2, -0.15) is 0 Å². The van der Waals surface area contributed by atoms with Crippen molar-refractivity contribution in [1.82, 2.24) is 0 Å². The first-order valence-corrected chi connectivity index (χ1v) is 11.4. The second-order valence-corrected chi connectivity index (χ2v) is 9.75. The molecule has 0 aromatic rings. The third-order valence-electron chi connectivity index (χ3n) is 8.53. The van der Waals surface area contributed by atoms with Crippen molar-refractivity contribution in [3.05, 3.63) is 0 Å². The lowest BCUT2D eigenvalue weighted by atomic mass is 9.68. The Labute approximate surface area is 145 Å². The van der Waals surface area contributed by atoms with Crippen LogP contribution in [0.2, 0.25) is 0 Å². The lowest BCUT2D eigenvalue weighted by Gasteiger charge is -2.37. The van der Waals surface area contributed by atoms with E-state index in [1.807, 2.05) is 0 Å². The highest BCUT2D eigenvalue weighted by Crippen LogP contribution is 2.54. The van der Waals surface area contributed by atoms with Crippen LogP contribution in [0.3, 0.4) is 0 Å². The lowest BCUT2D eigenvalue weighted by Crippen LogP contribution is -2.27. The molecule has 2 unspecified atom stereocenters. The molecule has 0 aromatic carbocycles. The molecule has 4 rings (SSSR count). The Hall–Kier alpha value is 0. The average molecular weight is 317 g/mol. The van der Waals surface area contributed by atoms with Gasteiger partial charge in [0.1, 0.15) is 0 Å². The van der Waals surface area contributed by atoms with Crippen molar-refractivity contribution in [3.8, 4) is 0 Å². The fraction of sp³-hybridized carbons (Fsp3) is 1.00. The molecule has 4 aliphatic rings. The summed E-state index contributed by atoms with van der Waals surface area (Å²) in [4.78, 5) is 0. The summed E-state index contributed by atoms with van der Waals surface area (Å²) in [7, 11) is 0. The minimum absolute atomic E-state index is 1.13. The molecule has 0 bridgehead atoms. The van der Waals surface area contributed by atoms with Crippen molar-refractivity contribution in [3.63, 3.8) is 0 Å². The molecule has 4 fully saturated rings. The van der Waals surface area contributed by atoms with Crippen LogP contribution in [0, 0.1) is 35.5 Å². The maximum absolute atomic E-state index is 1.65.